The third-order valence-corrected chi connectivity index (χ3v) is 1.33. The molecule has 0 aliphatic heterocycles. The van der Waals surface area contributed by atoms with Crippen molar-refractivity contribution in [1.29, 1.82) is 0 Å². The predicted octanol–water partition coefficient (Wildman–Crippen LogP) is -8.53. The molecule has 135 valence electrons. The Bertz CT molecular complexity index is 162. The summed E-state index contributed by atoms with van der Waals surface area (Å²) < 4.78 is 67.9. The van der Waals surface area contributed by atoms with Crippen molar-refractivity contribution in [2.24, 2.45) is 0 Å². The monoisotopic (exact) mass is 405 g/mol. The minimum atomic E-state index is -4.94. The van der Waals surface area contributed by atoms with Gasteiger partial charge in [0.2, 0.25) is 0 Å². The van der Waals surface area contributed by atoms with Gasteiger partial charge >= 0.3 is 17.1 Å². The van der Waals surface area contributed by atoms with E-state index in [-0.39, 0.29) is 17.1 Å². The normalized spacial score (nSPS) is 10.6. The summed E-state index contributed by atoms with van der Waals surface area (Å²) >= 11 is 0. The van der Waals surface area contributed by atoms with Crippen LogP contribution in [0.25, 0.3) is 0 Å². The molecule has 0 unspecified atom stereocenters. The molecule has 0 saturated heterocycles. The quantitative estimate of drug-likeness (QED) is 0.301. The molecular weight excluding hydrogens is 387 g/mol. The van der Waals surface area contributed by atoms with Crippen LogP contribution in [0.1, 0.15) is 26.7 Å². The number of hydrogen-bond acceptors (Lipinski definition) is 10. The molecule has 10 nitrogen and oxygen atoms in total. The molecule has 0 aromatic carbocycles. The van der Waals surface area contributed by atoms with Gasteiger partial charge in [0.15, 0.2) is 0 Å². The number of nitrogens with one attached hydrogen (secondary N) is 2. The fourth-order valence-corrected chi connectivity index (χ4v) is 0.780. The van der Waals surface area contributed by atoms with Gasteiger partial charge in [-0.3, -0.25) is 0 Å². The maximum atomic E-state index is 8.49. The summed E-state index contributed by atoms with van der Waals surface area (Å²) in [6, 6.07) is 0. The van der Waals surface area contributed by atoms with Crippen LogP contribution in [0.15, 0.2) is 0 Å². The van der Waals surface area contributed by atoms with Gasteiger partial charge in [0.05, 0.1) is 0 Å². The van der Waals surface area contributed by atoms with E-state index in [1.807, 2.05) is 0 Å². The van der Waals surface area contributed by atoms with E-state index in [2.05, 4.69) is 24.5 Å². The van der Waals surface area contributed by atoms with Gasteiger partial charge in [0.25, 0.3) is 0 Å². The summed E-state index contributed by atoms with van der Waals surface area (Å²) in [5.41, 5.74) is 0. The molecule has 13 heteroatoms. The molecule has 0 atom stereocenters. The van der Waals surface area contributed by atoms with Crippen LogP contribution < -0.4 is 47.9 Å². The maximum Gasteiger partial charge on any atom is 2.00 e. The summed E-state index contributed by atoms with van der Waals surface area (Å²) in [7, 11) is -9.89. The summed E-state index contributed by atoms with van der Waals surface area (Å²) in [5, 5.41) is 6.66. The average molecular weight is 407 g/mol. The molecule has 1 radical (unpaired) electrons. The van der Waals surface area contributed by atoms with Gasteiger partial charge in [0.1, 0.15) is 0 Å². The molecule has 0 bridgehead atoms. The topological polar surface area (TPSA) is 209 Å². The molecule has 21 heavy (non-hydrogen) atoms. The maximum absolute atomic E-state index is 8.49. The van der Waals surface area contributed by atoms with Crippen LogP contribution in [-0.2, 0) is 17.1 Å². The van der Waals surface area contributed by atoms with Crippen LogP contribution in [0.5, 0.6) is 0 Å². The number of rotatable bonds is 7. The van der Waals surface area contributed by atoms with Crippen molar-refractivity contribution in [1.82, 2.24) is 10.6 Å². The van der Waals surface area contributed by atoms with Crippen molar-refractivity contribution in [2.45, 2.75) is 26.7 Å². The molecule has 0 fully saturated rings. The first-order valence-corrected chi connectivity index (χ1v) is 8.03. The molecule has 0 spiro atoms. The Labute approximate surface area is 138 Å². The Morgan fingerprint density at radius 2 is 0.762 bits per heavy atom. The molecule has 0 amide bonds. The summed E-state index contributed by atoms with van der Waals surface area (Å²) in [6.45, 7) is 8.88. The fraction of sp³-hybridized carbons (Fsp3) is 1.00. The Kier molecular flexibility index (Phi) is 26.5. The average Bonchev–Trinajstić information content (AvgIpc) is 2.18. The second-order valence-electron chi connectivity index (χ2n) is 3.26. The molecule has 0 aromatic rings. The van der Waals surface area contributed by atoms with Gasteiger partial charge < -0.3 is 10.6 Å². The standard InChI is InChI=1S/C8H20N2.2ClHO4.Cu/c1-3-5-9-7-8-10-6-4-2;2*2-1(3,4)5;/h9-10H,3-8H2,1-2H3;2*(H,2,3,4,5);/q;;;+2/p-2. The van der Waals surface area contributed by atoms with Crippen LogP contribution >= 0.6 is 0 Å². The first-order valence-electron chi connectivity index (χ1n) is 5.56. The largest absolute Gasteiger partial charge is 2.00 e. The Hall–Kier alpha value is 0.699. The van der Waals surface area contributed by atoms with Gasteiger partial charge in [-0.05, 0) is 25.9 Å². The molecule has 0 heterocycles. The molecule has 0 aliphatic carbocycles. The van der Waals surface area contributed by atoms with E-state index < -0.39 is 20.5 Å². The van der Waals surface area contributed by atoms with Crippen molar-refractivity contribution < 1.29 is 74.8 Å². The van der Waals surface area contributed by atoms with Gasteiger partial charge in [0, 0.05) is 13.1 Å². The Morgan fingerprint density at radius 1 is 0.571 bits per heavy atom. The van der Waals surface area contributed by atoms with E-state index in [0.717, 1.165) is 26.2 Å². The number of hydrogen-bond donors (Lipinski definition) is 2. The zero-order valence-corrected chi connectivity index (χ0v) is 14.0. The Morgan fingerprint density at radius 3 is 0.905 bits per heavy atom. The first kappa shape index (κ1) is 29.7. The van der Waals surface area contributed by atoms with Crippen molar-refractivity contribution >= 4 is 0 Å². The van der Waals surface area contributed by atoms with E-state index in [0.29, 0.717) is 0 Å². The minimum absolute atomic E-state index is 0. The molecule has 0 aromatic heterocycles. The van der Waals surface area contributed by atoms with Gasteiger partial charge in [-0.2, -0.15) is 0 Å². The SMILES string of the molecule is CCCNCCNCCC.[Cu+2].[O-][Cl+3]([O-])([O-])[O-].[O-][Cl+3]([O-])([O-])[O-]. The zero-order valence-electron chi connectivity index (χ0n) is 11.6. The van der Waals surface area contributed by atoms with E-state index in [1.165, 1.54) is 12.8 Å². The molecule has 0 rings (SSSR count). The van der Waals surface area contributed by atoms with E-state index in [1.54, 1.807) is 0 Å². The van der Waals surface area contributed by atoms with Gasteiger partial charge in [-0.1, -0.05) is 13.8 Å². The zero-order chi connectivity index (χ0) is 16.7. The first-order chi connectivity index (χ1) is 8.91. The van der Waals surface area contributed by atoms with E-state index >= 15 is 0 Å². The second kappa shape index (κ2) is 18.7. The van der Waals surface area contributed by atoms with Crippen LogP contribution in [-0.4, -0.2) is 26.2 Å². The third-order valence-electron chi connectivity index (χ3n) is 1.33. The van der Waals surface area contributed by atoms with E-state index in [9.17, 15) is 0 Å². The summed E-state index contributed by atoms with van der Waals surface area (Å²) in [6.07, 6.45) is 2.46. The van der Waals surface area contributed by atoms with Crippen molar-refractivity contribution in [3.63, 3.8) is 0 Å². The molecular formula is C8H20Cl2CuN2O8. The second-order valence-corrected chi connectivity index (χ2v) is 4.77. The molecule has 2 N–H and O–H groups in total. The van der Waals surface area contributed by atoms with Crippen molar-refractivity contribution in [3.05, 3.63) is 0 Å². The smallest absolute Gasteiger partial charge is 0.315 e. The van der Waals surface area contributed by atoms with Crippen molar-refractivity contribution in [2.75, 3.05) is 26.2 Å². The fourth-order valence-electron chi connectivity index (χ4n) is 0.780. The summed E-state index contributed by atoms with van der Waals surface area (Å²) in [5.74, 6) is 0. The van der Waals surface area contributed by atoms with Crippen LogP contribution in [0.3, 0.4) is 0 Å². The third kappa shape index (κ3) is 122. The van der Waals surface area contributed by atoms with Crippen LogP contribution in [0, 0.1) is 20.5 Å². The predicted molar refractivity (Wildman–Crippen MR) is 46.3 cm³/mol. The Balaban J connectivity index is -0.000000112. The van der Waals surface area contributed by atoms with Crippen LogP contribution in [0.2, 0.25) is 0 Å². The minimum Gasteiger partial charge on any atom is -0.315 e. The number of halogens is 2. The van der Waals surface area contributed by atoms with Crippen LogP contribution in [0.4, 0.5) is 0 Å². The molecule has 0 saturated carbocycles. The summed E-state index contributed by atoms with van der Waals surface area (Å²) in [4.78, 5) is 0. The van der Waals surface area contributed by atoms with Crippen molar-refractivity contribution in [3.8, 4) is 0 Å². The molecule has 0 aliphatic rings. The van der Waals surface area contributed by atoms with Gasteiger partial charge in [-0.25, -0.2) is 37.3 Å². The van der Waals surface area contributed by atoms with E-state index in [4.69, 9.17) is 37.3 Å². The van der Waals surface area contributed by atoms with Gasteiger partial charge in [-0.15, -0.1) is 20.5 Å².